The van der Waals surface area contributed by atoms with Crippen molar-refractivity contribution >= 4 is 17.3 Å². The monoisotopic (exact) mass is 286 g/mol. The minimum atomic E-state index is -0.417. The Bertz CT molecular complexity index is 469. The summed E-state index contributed by atoms with van der Waals surface area (Å²) in [5.74, 6) is 0. The third kappa shape index (κ3) is 3.42. The van der Waals surface area contributed by atoms with Crippen LogP contribution in [0, 0.1) is 10.1 Å². The van der Waals surface area contributed by atoms with Crippen LogP contribution in [0.5, 0.6) is 0 Å². The van der Waals surface area contributed by atoms with Crippen LogP contribution in [-0.4, -0.2) is 47.3 Å². The van der Waals surface area contributed by atoms with Gasteiger partial charge >= 0.3 is 0 Å². The summed E-state index contributed by atoms with van der Waals surface area (Å²) in [5, 5.41) is 20.8. The SMILES string of the molecule is O=[N+]([O-])c1ccc(Cl)cc1CN1CCOCC1CO. The lowest BCUT2D eigenvalue weighted by atomic mass is 10.1. The number of hydrogen-bond acceptors (Lipinski definition) is 5. The molecule has 0 saturated carbocycles. The van der Waals surface area contributed by atoms with E-state index in [4.69, 9.17) is 16.3 Å². The molecule has 0 aliphatic carbocycles. The molecule has 6 nitrogen and oxygen atoms in total. The van der Waals surface area contributed by atoms with E-state index in [1.165, 1.54) is 12.1 Å². The number of rotatable bonds is 4. The molecule has 1 unspecified atom stereocenters. The summed E-state index contributed by atoms with van der Waals surface area (Å²) in [5.41, 5.74) is 0.602. The number of ether oxygens (including phenoxy) is 1. The van der Waals surface area contributed by atoms with Crippen LogP contribution < -0.4 is 0 Å². The van der Waals surface area contributed by atoms with E-state index >= 15 is 0 Å². The first kappa shape index (κ1) is 14.2. The van der Waals surface area contributed by atoms with E-state index in [-0.39, 0.29) is 18.3 Å². The Labute approximate surface area is 115 Å². The van der Waals surface area contributed by atoms with Gasteiger partial charge in [-0.1, -0.05) is 11.6 Å². The summed E-state index contributed by atoms with van der Waals surface area (Å²) in [6, 6.07) is 4.38. The predicted molar refractivity (Wildman–Crippen MR) is 70.2 cm³/mol. The number of aliphatic hydroxyl groups excluding tert-OH is 1. The van der Waals surface area contributed by atoms with Crippen LogP contribution in [0.2, 0.25) is 5.02 Å². The smallest absolute Gasteiger partial charge is 0.273 e. The number of morpholine rings is 1. The maximum absolute atomic E-state index is 11.0. The fourth-order valence-corrected chi connectivity index (χ4v) is 2.34. The standard InChI is InChI=1S/C12H15ClN2O4/c13-10-1-2-12(15(17)18)9(5-10)6-14-3-4-19-8-11(14)7-16/h1-2,5,11,16H,3-4,6-8H2. The Morgan fingerprint density at radius 3 is 3.05 bits per heavy atom. The quantitative estimate of drug-likeness (QED) is 0.669. The van der Waals surface area contributed by atoms with Crippen LogP contribution >= 0.6 is 11.6 Å². The second-order valence-electron chi connectivity index (χ2n) is 4.41. The van der Waals surface area contributed by atoms with Crippen LogP contribution in [0.3, 0.4) is 0 Å². The van der Waals surface area contributed by atoms with Gasteiger partial charge in [0.25, 0.3) is 5.69 Å². The molecule has 0 spiro atoms. The molecule has 7 heteroatoms. The van der Waals surface area contributed by atoms with Gasteiger partial charge in [0.15, 0.2) is 0 Å². The Morgan fingerprint density at radius 1 is 1.58 bits per heavy atom. The van der Waals surface area contributed by atoms with E-state index in [0.29, 0.717) is 36.9 Å². The lowest BCUT2D eigenvalue weighted by Crippen LogP contribution is -2.46. The molecule has 0 amide bonds. The molecule has 1 heterocycles. The van der Waals surface area contributed by atoms with E-state index in [9.17, 15) is 15.2 Å². The molecule has 1 aliphatic heterocycles. The van der Waals surface area contributed by atoms with Gasteiger partial charge in [-0.2, -0.15) is 0 Å². The van der Waals surface area contributed by atoms with Crippen molar-refractivity contribution in [2.75, 3.05) is 26.4 Å². The van der Waals surface area contributed by atoms with E-state index in [2.05, 4.69) is 0 Å². The van der Waals surface area contributed by atoms with E-state index in [1.807, 2.05) is 4.90 Å². The van der Waals surface area contributed by atoms with Crippen molar-refractivity contribution in [3.63, 3.8) is 0 Å². The molecule has 1 aromatic rings. The highest BCUT2D eigenvalue weighted by molar-refractivity contribution is 6.30. The maximum atomic E-state index is 11.0. The summed E-state index contributed by atoms with van der Waals surface area (Å²) in [4.78, 5) is 12.6. The van der Waals surface area contributed by atoms with E-state index in [1.54, 1.807) is 6.07 Å². The summed E-state index contributed by atoms with van der Waals surface area (Å²) in [6.45, 7) is 1.98. The van der Waals surface area contributed by atoms with E-state index < -0.39 is 4.92 Å². The number of benzene rings is 1. The summed E-state index contributed by atoms with van der Waals surface area (Å²) in [7, 11) is 0. The van der Waals surface area contributed by atoms with Gasteiger partial charge in [-0.25, -0.2) is 0 Å². The van der Waals surface area contributed by atoms with Crippen molar-refractivity contribution in [1.29, 1.82) is 0 Å². The van der Waals surface area contributed by atoms with Crippen molar-refractivity contribution < 1.29 is 14.8 Å². The number of aliphatic hydroxyl groups is 1. The van der Waals surface area contributed by atoms with Gasteiger partial charge in [-0.15, -0.1) is 0 Å². The number of nitro groups is 1. The lowest BCUT2D eigenvalue weighted by molar-refractivity contribution is -0.385. The topological polar surface area (TPSA) is 75.8 Å². The number of halogens is 1. The van der Waals surface area contributed by atoms with Crippen molar-refractivity contribution in [2.24, 2.45) is 0 Å². The molecule has 0 aromatic heterocycles. The molecule has 1 aromatic carbocycles. The molecule has 1 fully saturated rings. The maximum Gasteiger partial charge on any atom is 0.273 e. The average Bonchev–Trinajstić information content (AvgIpc) is 2.39. The summed E-state index contributed by atoms with van der Waals surface area (Å²) < 4.78 is 5.28. The van der Waals surface area contributed by atoms with Gasteiger partial charge in [-0.3, -0.25) is 15.0 Å². The van der Waals surface area contributed by atoms with Gasteiger partial charge in [0.05, 0.1) is 30.8 Å². The highest BCUT2D eigenvalue weighted by Gasteiger charge is 2.25. The van der Waals surface area contributed by atoms with E-state index in [0.717, 1.165) is 0 Å². The number of nitro benzene ring substituents is 1. The zero-order chi connectivity index (χ0) is 13.8. The second kappa shape index (κ2) is 6.29. The molecule has 1 N–H and O–H groups in total. The molecule has 19 heavy (non-hydrogen) atoms. The Kier molecular flexibility index (Phi) is 4.71. The largest absolute Gasteiger partial charge is 0.395 e. The Hall–Kier alpha value is -1.21. The van der Waals surface area contributed by atoms with Crippen molar-refractivity contribution in [2.45, 2.75) is 12.6 Å². The lowest BCUT2D eigenvalue weighted by Gasteiger charge is -2.34. The van der Waals surface area contributed by atoms with Crippen molar-refractivity contribution in [1.82, 2.24) is 4.90 Å². The van der Waals surface area contributed by atoms with Gasteiger partial charge < -0.3 is 9.84 Å². The average molecular weight is 287 g/mol. The first-order valence-electron chi connectivity index (χ1n) is 5.97. The molecular weight excluding hydrogens is 272 g/mol. The first-order valence-corrected chi connectivity index (χ1v) is 6.35. The van der Waals surface area contributed by atoms with Crippen molar-refractivity contribution in [3.05, 3.63) is 38.9 Å². The molecule has 1 atom stereocenters. The first-order chi connectivity index (χ1) is 9.11. The van der Waals surface area contributed by atoms with Crippen LogP contribution in [0.1, 0.15) is 5.56 Å². The molecular formula is C12H15ClN2O4. The van der Waals surface area contributed by atoms with Gasteiger partial charge in [0.1, 0.15) is 0 Å². The van der Waals surface area contributed by atoms with Gasteiger partial charge in [-0.05, 0) is 12.1 Å². The highest BCUT2D eigenvalue weighted by Crippen LogP contribution is 2.25. The Balaban J connectivity index is 2.21. The van der Waals surface area contributed by atoms with Crippen LogP contribution in [-0.2, 0) is 11.3 Å². The third-order valence-electron chi connectivity index (χ3n) is 3.17. The van der Waals surface area contributed by atoms with Gasteiger partial charge in [0.2, 0.25) is 0 Å². The zero-order valence-corrected chi connectivity index (χ0v) is 11.0. The number of nitrogens with zero attached hydrogens (tertiary/aromatic N) is 2. The third-order valence-corrected chi connectivity index (χ3v) is 3.41. The predicted octanol–water partition coefficient (Wildman–Crippen LogP) is 1.44. The number of hydrogen-bond donors (Lipinski definition) is 1. The van der Waals surface area contributed by atoms with Gasteiger partial charge in [0, 0.05) is 29.7 Å². The zero-order valence-electron chi connectivity index (χ0n) is 10.3. The summed E-state index contributed by atoms with van der Waals surface area (Å²) in [6.07, 6.45) is 0. The highest BCUT2D eigenvalue weighted by atomic mass is 35.5. The minimum Gasteiger partial charge on any atom is -0.395 e. The molecule has 1 saturated heterocycles. The van der Waals surface area contributed by atoms with Crippen LogP contribution in [0.4, 0.5) is 5.69 Å². The summed E-state index contributed by atoms with van der Waals surface area (Å²) >= 11 is 5.89. The van der Waals surface area contributed by atoms with Crippen LogP contribution in [0.15, 0.2) is 18.2 Å². The molecule has 0 bridgehead atoms. The van der Waals surface area contributed by atoms with Crippen LogP contribution in [0.25, 0.3) is 0 Å². The fourth-order valence-electron chi connectivity index (χ4n) is 2.14. The molecule has 1 aliphatic rings. The second-order valence-corrected chi connectivity index (χ2v) is 4.85. The Morgan fingerprint density at radius 2 is 2.37 bits per heavy atom. The minimum absolute atomic E-state index is 0.0334. The molecule has 0 radical (unpaired) electrons. The fraction of sp³-hybridized carbons (Fsp3) is 0.500. The normalized spacial score (nSPS) is 20.4. The molecule has 104 valence electrons. The van der Waals surface area contributed by atoms with Crippen molar-refractivity contribution in [3.8, 4) is 0 Å². The molecule has 2 rings (SSSR count).